The quantitative estimate of drug-likeness (QED) is 0.616. The van der Waals surface area contributed by atoms with Crippen molar-refractivity contribution in [1.29, 1.82) is 0 Å². The maximum absolute atomic E-state index is 12.1. The first-order valence-electron chi connectivity index (χ1n) is 6.74. The van der Waals surface area contributed by atoms with Crippen molar-refractivity contribution in [3.8, 4) is 0 Å². The van der Waals surface area contributed by atoms with E-state index >= 15 is 0 Å². The van der Waals surface area contributed by atoms with Crippen LogP contribution < -0.4 is 0 Å². The van der Waals surface area contributed by atoms with Crippen molar-refractivity contribution in [3.63, 3.8) is 0 Å². The number of nitrogens with zero attached hydrogens (tertiary/aromatic N) is 3. The molecule has 1 aromatic heterocycles. The highest BCUT2D eigenvalue weighted by Crippen LogP contribution is 2.20. The standard InChI is InChI=1S/C15H19N3O3/c1-9(2)18-8-11(6-10(18)3)7-12-13(19)16(4)15(21)17(5)14(12)20/h6-9H,1-5H3. The fraction of sp³-hybridized carbons (Fsp3) is 0.400. The zero-order valence-electron chi connectivity index (χ0n) is 12.9. The lowest BCUT2D eigenvalue weighted by atomic mass is 10.1. The van der Waals surface area contributed by atoms with Crippen LogP contribution in [0.15, 0.2) is 17.8 Å². The van der Waals surface area contributed by atoms with E-state index in [0.717, 1.165) is 21.1 Å². The minimum Gasteiger partial charge on any atom is -0.349 e. The van der Waals surface area contributed by atoms with Crippen molar-refractivity contribution in [2.24, 2.45) is 0 Å². The average molecular weight is 289 g/mol. The molecule has 0 radical (unpaired) electrons. The molecule has 112 valence electrons. The Kier molecular flexibility index (Phi) is 3.72. The maximum Gasteiger partial charge on any atom is 0.333 e. The fourth-order valence-corrected chi connectivity index (χ4v) is 2.39. The summed E-state index contributed by atoms with van der Waals surface area (Å²) < 4.78 is 2.06. The molecule has 0 spiro atoms. The van der Waals surface area contributed by atoms with Crippen molar-refractivity contribution in [2.45, 2.75) is 26.8 Å². The van der Waals surface area contributed by atoms with Crippen LogP contribution in [0.1, 0.15) is 31.1 Å². The highest BCUT2D eigenvalue weighted by atomic mass is 16.2. The summed E-state index contributed by atoms with van der Waals surface area (Å²) in [5.41, 5.74) is 1.82. The lowest BCUT2D eigenvalue weighted by molar-refractivity contribution is -0.134. The van der Waals surface area contributed by atoms with E-state index in [1.165, 1.54) is 20.2 Å². The van der Waals surface area contributed by atoms with E-state index in [1.807, 2.05) is 19.2 Å². The van der Waals surface area contributed by atoms with Crippen molar-refractivity contribution >= 4 is 23.9 Å². The van der Waals surface area contributed by atoms with Gasteiger partial charge in [0.15, 0.2) is 0 Å². The molecule has 1 saturated heterocycles. The van der Waals surface area contributed by atoms with Gasteiger partial charge in [0, 0.05) is 32.0 Å². The van der Waals surface area contributed by atoms with Crippen molar-refractivity contribution in [3.05, 3.63) is 29.1 Å². The van der Waals surface area contributed by atoms with Gasteiger partial charge >= 0.3 is 6.03 Å². The van der Waals surface area contributed by atoms with E-state index in [4.69, 9.17) is 0 Å². The molecule has 0 bridgehead atoms. The molecular weight excluding hydrogens is 270 g/mol. The second kappa shape index (κ2) is 5.20. The lowest BCUT2D eigenvalue weighted by Crippen LogP contribution is -2.52. The van der Waals surface area contributed by atoms with Crippen LogP contribution in [0.2, 0.25) is 0 Å². The number of rotatable bonds is 2. The van der Waals surface area contributed by atoms with Crippen molar-refractivity contribution < 1.29 is 14.4 Å². The molecule has 4 amide bonds. The van der Waals surface area contributed by atoms with Gasteiger partial charge in [-0.3, -0.25) is 19.4 Å². The van der Waals surface area contributed by atoms with E-state index in [-0.39, 0.29) is 5.57 Å². The fourth-order valence-electron chi connectivity index (χ4n) is 2.39. The zero-order valence-corrected chi connectivity index (χ0v) is 12.9. The van der Waals surface area contributed by atoms with E-state index in [0.29, 0.717) is 6.04 Å². The first-order valence-corrected chi connectivity index (χ1v) is 6.74. The molecule has 2 rings (SSSR count). The molecule has 0 unspecified atom stereocenters. The molecule has 0 saturated carbocycles. The van der Waals surface area contributed by atoms with Crippen molar-refractivity contribution in [2.75, 3.05) is 14.1 Å². The Morgan fingerprint density at radius 3 is 2.00 bits per heavy atom. The number of imide groups is 2. The Morgan fingerprint density at radius 1 is 1.05 bits per heavy atom. The normalized spacial score (nSPS) is 16.3. The number of carbonyl (C=O) groups excluding carboxylic acids is 3. The van der Waals surface area contributed by atoms with E-state index < -0.39 is 17.8 Å². The van der Waals surface area contributed by atoms with Crippen LogP contribution in [-0.2, 0) is 9.59 Å². The smallest absolute Gasteiger partial charge is 0.333 e. The highest BCUT2D eigenvalue weighted by molar-refractivity contribution is 6.30. The predicted octanol–water partition coefficient (Wildman–Crippen LogP) is 1.81. The van der Waals surface area contributed by atoms with Gasteiger partial charge in [-0.15, -0.1) is 0 Å². The summed E-state index contributed by atoms with van der Waals surface area (Å²) in [5.74, 6) is -1.14. The molecule has 0 aliphatic carbocycles. The van der Waals surface area contributed by atoms with Gasteiger partial charge in [0.25, 0.3) is 11.8 Å². The van der Waals surface area contributed by atoms with Gasteiger partial charge in [-0.1, -0.05) is 0 Å². The third-order valence-corrected chi connectivity index (χ3v) is 3.58. The summed E-state index contributed by atoms with van der Waals surface area (Å²) in [6.45, 7) is 6.08. The number of hydrogen-bond donors (Lipinski definition) is 0. The maximum atomic E-state index is 12.1. The molecule has 6 heteroatoms. The molecule has 0 atom stereocenters. The number of barbiturate groups is 1. The number of aromatic nitrogens is 1. The van der Waals surface area contributed by atoms with Crippen LogP contribution in [0.5, 0.6) is 0 Å². The molecule has 6 nitrogen and oxygen atoms in total. The molecule has 1 aliphatic rings. The van der Waals surface area contributed by atoms with Crippen LogP contribution in [0.4, 0.5) is 4.79 Å². The number of urea groups is 1. The van der Waals surface area contributed by atoms with E-state index in [9.17, 15) is 14.4 Å². The van der Waals surface area contributed by atoms with Gasteiger partial charge in [0.1, 0.15) is 5.57 Å². The van der Waals surface area contributed by atoms with Crippen molar-refractivity contribution in [1.82, 2.24) is 14.4 Å². The predicted molar refractivity (Wildman–Crippen MR) is 78.5 cm³/mol. The monoisotopic (exact) mass is 289 g/mol. The third-order valence-electron chi connectivity index (χ3n) is 3.58. The van der Waals surface area contributed by atoms with Crippen LogP contribution in [0.3, 0.4) is 0 Å². The van der Waals surface area contributed by atoms with Gasteiger partial charge in [-0.25, -0.2) is 4.79 Å². The Labute approximate surface area is 123 Å². The summed E-state index contributed by atoms with van der Waals surface area (Å²) in [5, 5.41) is 0. The molecule has 1 fully saturated rings. The Morgan fingerprint density at radius 2 is 1.57 bits per heavy atom. The molecule has 1 aliphatic heterocycles. The molecular formula is C15H19N3O3. The van der Waals surface area contributed by atoms with Crippen LogP contribution in [-0.4, -0.2) is 46.3 Å². The van der Waals surface area contributed by atoms with Crippen LogP contribution >= 0.6 is 0 Å². The molecule has 0 N–H and O–H groups in total. The number of amides is 4. The minimum absolute atomic E-state index is 0.000469. The average Bonchev–Trinajstić information content (AvgIpc) is 2.80. The van der Waals surface area contributed by atoms with Gasteiger partial charge in [0.2, 0.25) is 0 Å². The van der Waals surface area contributed by atoms with Crippen LogP contribution in [0, 0.1) is 6.92 Å². The summed E-state index contributed by atoms with van der Waals surface area (Å²) in [7, 11) is 2.73. The first-order chi connectivity index (χ1) is 9.73. The number of likely N-dealkylation sites (N-methyl/N-ethyl adjacent to an activating group) is 2. The Hall–Kier alpha value is -2.37. The second-order valence-electron chi connectivity index (χ2n) is 5.48. The SMILES string of the molecule is Cc1cc(C=C2C(=O)N(C)C(=O)N(C)C2=O)cn1C(C)C. The van der Waals surface area contributed by atoms with Gasteiger partial charge in [-0.05, 0) is 38.5 Å². The Bertz CT molecular complexity index is 629. The van der Waals surface area contributed by atoms with E-state index in [1.54, 1.807) is 0 Å². The van der Waals surface area contributed by atoms with Gasteiger partial charge < -0.3 is 4.57 Å². The Balaban J connectivity index is 2.44. The summed E-state index contributed by atoms with van der Waals surface area (Å²) >= 11 is 0. The molecule has 0 aromatic carbocycles. The molecule has 1 aromatic rings. The number of hydrogen-bond acceptors (Lipinski definition) is 3. The molecule has 2 heterocycles. The number of aryl methyl sites for hydroxylation is 1. The highest BCUT2D eigenvalue weighted by Gasteiger charge is 2.37. The first kappa shape index (κ1) is 15.0. The van der Waals surface area contributed by atoms with Gasteiger partial charge in [-0.2, -0.15) is 0 Å². The third kappa shape index (κ3) is 2.49. The molecule has 21 heavy (non-hydrogen) atoms. The van der Waals surface area contributed by atoms with Crippen LogP contribution in [0.25, 0.3) is 6.08 Å². The summed E-state index contributed by atoms with van der Waals surface area (Å²) in [4.78, 5) is 37.8. The number of carbonyl (C=O) groups is 3. The van der Waals surface area contributed by atoms with E-state index in [2.05, 4.69) is 18.4 Å². The largest absolute Gasteiger partial charge is 0.349 e. The van der Waals surface area contributed by atoms with Gasteiger partial charge in [0.05, 0.1) is 0 Å². The minimum atomic E-state index is -0.613. The topological polar surface area (TPSA) is 62.6 Å². The summed E-state index contributed by atoms with van der Waals surface area (Å²) in [6, 6.07) is 1.59. The summed E-state index contributed by atoms with van der Waals surface area (Å²) in [6.07, 6.45) is 3.43. The second-order valence-corrected chi connectivity index (χ2v) is 5.48. The lowest BCUT2D eigenvalue weighted by Gasteiger charge is -2.28. The zero-order chi connectivity index (χ0) is 15.9.